The van der Waals surface area contributed by atoms with Gasteiger partial charge in [-0.2, -0.15) is 0 Å². The van der Waals surface area contributed by atoms with Gasteiger partial charge in [0.1, 0.15) is 5.15 Å². The Kier molecular flexibility index (Phi) is 3.51. The Bertz CT molecular complexity index is 372. The maximum absolute atomic E-state index is 5.93. The van der Waals surface area contributed by atoms with E-state index in [1.165, 1.54) is 0 Å². The average molecular weight is 242 g/mol. The molecular formula is C11H16ClN3O. The average Bonchev–Trinajstić information content (AvgIpc) is 2.32. The van der Waals surface area contributed by atoms with Gasteiger partial charge in [-0.15, -0.1) is 0 Å². The Hall–Kier alpha value is -1.00. The van der Waals surface area contributed by atoms with Crippen LogP contribution in [0.15, 0.2) is 12.1 Å². The van der Waals surface area contributed by atoms with Crippen molar-refractivity contribution in [1.29, 1.82) is 0 Å². The van der Waals surface area contributed by atoms with E-state index in [2.05, 4.69) is 16.8 Å². The third kappa shape index (κ3) is 2.23. The van der Waals surface area contributed by atoms with Crippen LogP contribution >= 0.6 is 11.6 Å². The molecule has 1 fully saturated rings. The van der Waals surface area contributed by atoms with Gasteiger partial charge in [0, 0.05) is 6.54 Å². The van der Waals surface area contributed by atoms with Gasteiger partial charge in [0.25, 0.3) is 0 Å². The molecule has 2 N–H and O–H groups in total. The minimum Gasteiger partial charge on any atom is -0.396 e. The summed E-state index contributed by atoms with van der Waals surface area (Å²) in [5.74, 6) is 0.780. The molecule has 0 spiro atoms. The molecule has 1 aliphatic heterocycles. The highest BCUT2D eigenvalue weighted by molar-refractivity contribution is 6.29. The van der Waals surface area contributed by atoms with Gasteiger partial charge in [-0.3, -0.25) is 0 Å². The minimum atomic E-state index is 0.335. The van der Waals surface area contributed by atoms with Crippen molar-refractivity contribution in [2.24, 2.45) is 0 Å². The number of rotatable bonds is 2. The topological polar surface area (TPSA) is 51.4 Å². The number of morpholine rings is 1. The Morgan fingerprint density at radius 1 is 1.62 bits per heavy atom. The third-order valence-electron chi connectivity index (χ3n) is 2.84. The van der Waals surface area contributed by atoms with Crippen LogP contribution in [0, 0.1) is 0 Å². The highest BCUT2D eigenvalue weighted by atomic mass is 35.5. The molecule has 0 radical (unpaired) electrons. The van der Waals surface area contributed by atoms with Crippen LogP contribution in [0.5, 0.6) is 0 Å². The second-order valence-electron chi connectivity index (χ2n) is 3.88. The highest BCUT2D eigenvalue weighted by Crippen LogP contribution is 2.26. The summed E-state index contributed by atoms with van der Waals surface area (Å²) >= 11 is 5.90. The summed E-state index contributed by atoms with van der Waals surface area (Å²) < 4.78 is 5.45. The van der Waals surface area contributed by atoms with Crippen molar-refractivity contribution in [2.75, 3.05) is 30.4 Å². The number of nitrogens with two attached hydrogens (primary N) is 1. The number of halogens is 1. The summed E-state index contributed by atoms with van der Waals surface area (Å²) in [6, 6.07) is 3.84. The van der Waals surface area contributed by atoms with Crippen molar-refractivity contribution in [3.63, 3.8) is 0 Å². The first kappa shape index (κ1) is 11.5. The van der Waals surface area contributed by atoms with Crippen molar-refractivity contribution in [1.82, 2.24) is 4.98 Å². The SMILES string of the molecule is CCC1COCCN1c1nc(Cl)ccc1N. The quantitative estimate of drug-likeness (QED) is 0.804. The molecule has 1 aliphatic rings. The largest absolute Gasteiger partial charge is 0.396 e. The molecule has 88 valence electrons. The number of nitrogen functional groups attached to an aromatic ring is 1. The molecule has 0 aliphatic carbocycles. The summed E-state index contributed by atoms with van der Waals surface area (Å²) in [5, 5.41) is 0.477. The standard InChI is InChI=1S/C11H16ClN3O/c1-2-8-7-16-6-5-15(8)11-9(13)3-4-10(12)14-11/h3-4,8H,2,5-7,13H2,1H3. The van der Waals surface area contributed by atoms with E-state index < -0.39 is 0 Å². The Morgan fingerprint density at radius 2 is 2.44 bits per heavy atom. The summed E-state index contributed by atoms with van der Waals surface area (Å²) in [5.41, 5.74) is 6.60. The van der Waals surface area contributed by atoms with Crippen molar-refractivity contribution < 1.29 is 4.74 Å². The summed E-state index contributed by atoms with van der Waals surface area (Å²) in [4.78, 5) is 6.49. The van der Waals surface area contributed by atoms with Crippen LogP contribution in [-0.4, -0.2) is 30.8 Å². The molecule has 1 unspecified atom stereocenters. The van der Waals surface area contributed by atoms with Crippen molar-refractivity contribution in [2.45, 2.75) is 19.4 Å². The monoisotopic (exact) mass is 241 g/mol. The van der Waals surface area contributed by atoms with Gasteiger partial charge < -0.3 is 15.4 Å². The van der Waals surface area contributed by atoms with Crippen molar-refractivity contribution in [3.8, 4) is 0 Å². The molecule has 0 bridgehead atoms. The Balaban J connectivity index is 2.30. The molecule has 4 nitrogen and oxygen atoms in total. The van der Waals surface area contributed by atoms with Crippen LogP contribution < -0.4 is 10.6 Å². The van der Waals surface area contributed by atoms with E-state index in [1.54, 1.807) is 12.1 Å². The molecule has 0 amide bonds. The number of hydrogen-bond acceptors (Lipinski definition) is 4. The van der Waals surface area contributed by atoms with E-state index in [0.29, 0.717) is 23.5 Å². The molecule has 1 saturated heterocycles. The highest BCUT2D eigenvalue weighted by Gasteiger charge is 2.24. The van der Waals surface area contributed by atoms with Gasteiger partial charge in [0.2, 0.25) is 0 Å². The van der Waals surface area contributed by atoms with E-state index in [-0.39, 0.29) is 0 Å². The zero-order valence-electron chi connectivity index (χ0n) is 9.32. The smallest absolute Gasteiger partial charge is 0.153 e. The fraction of sp³-hybridized carbons (Fsp3) is 0.545. The number of anilines is 2. The summed E-state index contributed by atoms with van der Waals surface area (Å²) in [6.45, 7) is 4.39. The first-order chi connectivity index (χ1) is 7.72. The Labute approximate surface area is 100 Å². The van der Waals surface area contributed by atoms with Crippen molar-refractivity contribution >= 4 is 23.1 Å². The van der Waals surface area contributed by atoms with E-state index >= 15 is 0 Å². The second-order valence-corrected chi connectivity index (χ2v) is 4.26. The van der Waals surface area contributed by atoms with Gasteiger partial charge in [0.15, 0.2) is 5.82 Å². The number of aromatic nitrogens is 1. The molecular weight excluding hydrogens is 226 g/mol. The van der Waals surface area contributed by atoms with Crippen molar-refractivity contribution in [3.05, 3.63) is 17.3 Å². The lowest BCUT2D eigenvalue weighted by molar-refractivity contribution is 0.0926. The van der Waals surface area contributed by atoms with E-state index in [9.17, 15) is 0 Å². The molecule has 16 heavy (non-hydrogen) atoms. The van der Waals surface area contributed by atoms with E-state index in [4.69, 9.17) is 22.1 Å². The molecule has 5 heteroatoms. The molecule has 1 aromatic rings. The number of ether oxygens (including phenoxy) is 1. The zero-order valence-corrected chi connectivity index (χ0v) is 10.1. The molecule has 0 saturated carbocycles. The maximum atomic E-state index is 5.93. The maximum Gasteiger partial charge on any atom is 0.153 e. The first-order valence-electron chi connectivity index (χ1n) is 5.48. The molecule has 2 heterocycles. The van der Waals surface area contributed by atoms with Crippen LogP contribution in [0.4, 0.5) is 11.5 Å². The van der Waals surface area contributed by atoms with Gasteiger partial charge in [-0.25, -0.2) is 4.98 Å². The lowest BCUT2D eigenvalue weighted by atomic mass is 10.1. The third-order valence-corrected chi connectivity index (χ3v) is 3.05. The summed E-state index contributed by atoms with van der Waals surface area (Å²) in [7, 11) is 0. The molecule has 1 aromatic heterocycles. The zero-order chi connectivity index (χ0) is 11.5. The predicted molar refractivity (Wildman–Crippen MR) is 65.9 cm³/mol. The molecule has 1 atom stereocenters. The predicted octanol–water partition coefficient (Wildman–Crippen LogP) is 1.93. The molecule has 2 rings (SSSR count). The summed E-state index contributed by atoms with van der Waals surface area (Å²) in [6.07, 6.45) is 1.01. The number of nitrogens with zero attached hydrogens (tertiary/aromatic N) is 2. The van der Waals surface area contributed by atoms with Gasteiger partial charge in [-0.1, -0.05) is 18.5 Å². The number of pyridine rings is 1. The van der Waals surface area contributed by atoms with Crippen LogP contribution in [0.3, 0.4) is 0 Å². The first-order valence-corrected chi connectivity index (χ1v) is 5.86. The van der Waals surface area contributed by atoms with Crippen LogP contribution in [-0.2, 0) is 4.74 Å². The number of hydrogen-bond donors (Lipinski definition) is 1. The fourth-order valence-electron chi connectivity index (χ4n) is 1.94. The van der Waals surface area contributed by atoms with Gasteiger partial charge >= 0.3 is 0 Å². The van der Waals surface area contributed by atoms with E-state index in [0.717, 1.165) is 25.4 Å². The van der Waals surface area contributed by atoms with Crippen LogP contribution in [0.25, 0.3) is 0 Å². The normalized spacial score (nSPS) is 21.1. The van der Waals surface area contributed by atoms with Gasteiger partial charge in [-0.05, 0) is 18.6 Å². The van der Waals surface area contributed by atoms with Crippen LogP contribution in [0.1, 0.15) is 13.3 Å². The fourth-order valence-corrected chi connectivity index (χ4v) is 2.08. The van der Waals surface area contributed by atoms with Crippen LogP contribution in [0.2, 0.25) is 5.15 Å². The van der Waals surface area contributed by atoms with Gasteiger partial charge in [0.05, 0.1) is 24.9 Å². The second kappa shape index (κ2) is 4.89. The van der Waals surface area contributed by atoms with E-state index in [1.807, 2.05) is 0 Å². The lowest BCUT2D eigenvalue weighted by Gasteiger charge is -2.36. The minimum absolute atomic E-state index is 0.335. The molecule has 0 aromatic carbocycles. The Morgan fingerprint density at radius 3 is 3.19 bits per heavy atom. The lowest BCUT2D eigenvalue weighted by Crippen LogP contribution is -2.45.